The highest BCUT2D eigenvalue weighted by molar-refractivity contribution is 5.98. The Morgan fingerprint density at radius 2 is 1.35 bits per heavy atom. The number of hydrogen-bond acceptors (Lipinski definition) is 10. The summed E-state index contributed by atoms with van der Waals surface area (Å²) in [4.78, 5) is 100. The van der Waals surface area contributed by atoms with Crippen LogP contribution in [0.25, 0.3) is 10.8 Å². The number of aliphatic carboxylic acids is 1. The Morgan fingerprint density at radius 3 is 1.96 bits per heavy atom. The summed E-state index contributed by atoms with van der Waals surface area (Å²) in [6.45, 7) is 1.89. The van der Waals surface area contributed by atoms with Crippen LogP contribution in [-0.2, 0) is 44.8 Å². The van der Waals surface area contributed by atoms with Crippen LogP contribution in [0.1, 0.15) is 45.1 Å². The van der Waals surface area contributed by atoms with Crippen molar-refractivity contribution < 1.29 is 53.7 Å². The fourth-order valence-corrected chi connectivity index (χ4v) is 4.88. The predicted octanol–water partition coefficient (Wildman–Crippen LogP) is -2.68. The van der Waals surface area contributed by atoms with Gasteiger partial charge in [0.15, 0.2) is 0 Å². The van der Waals surface area contributed by atoms with Gasteiger partial charge in [0, 0.05) is 26.0 Å². The summed E-state index contributed by atoms with van der Waals surface area (Å²) >= 11 is 0. The van der Waals surface area contributed by atoms with Crippen LogP contribution in [0.4, 0.5) is 0 Å². The number of nitrogens with two attached hydrogens (primary N) is 1. The number of rotatable bonds is 22. The van der Waals surface area contributed by atoms with Crippen LogP contribution in [0, 0.1) is 5.92 Å². The molecular weight excluding hydrogens is 682 g/mol. The van der Waals surface area contributed by atoms with Crippen molar-refractivity contribution in [3.8, 4) is 0 Å². The van der Waals surface area contributed by atoms with Crippen molar-refractivity contribution in [2.24, 2.45) is 11.7 Å². The number of primary amides is 1. The first kappa shape index (κ1) is 42.5. The van der Waals surface area contributed by atoms with Crippen LogP contribution in [0.2, 0.25) is 0 Å². The highest BCUT2D eigenvalue weighted by atomic mass is 16.4. The SMILES string of the molecule is CC(C)[C@H](NC(=O)[C@H](CO)NC(=O)[C@H](CC(N)=O)NC(=O)[C@H](Cc1ccc2ccccc2c1)NC(=O)CCC(=O)O)C(=O)NCC(=O)NCCCO. The van der Waals surface area contributed by atoms with E-state index in [1.165, 1.54) is 0 Å². The van der Waals surface area contributed by atoms with Gasteiger partial charge in [-0.3, -0.25) is 38.4 Å². The van der Waals surface area contributed by atoms with Crippen molar-refractivity contribution in [3.63, 3.8) is 0 Å². The van der Waals surface area contributed by atoms with Crippen molar-refractivity contribution in [1.82, 2.24) is 31.9 Å². The number of nitrogens with one attached hydrogen (secondary N) is 6. The molecule has 0 saturated carbocycles. The largest absolute Gasteiger partial charge is 0.481 e. The Hall–Kier alpha value is -5.62. The van der Waals surface area contributed by atoms with Gasteiger partial charge in [-0.2, -0.15) is 0 Å². The summed E-state index contributed by atoms with van der Waals surface area (Å²) in [5.41, 5.74) is 5.95. The van der Waals surface area contributed by atoms with Gasteiger partial charge >= 0.3 is 5.97 Å². The molecule has 0 aromatic heterocycles. The molecule has 52 heavy (non-hydrogen) atoms. The minimum absolute atomic E-state index is 0.0922. The fraction of sp³-hybridized carbons (Fsp3) is 0.471. The summed E-state index contributed by atoms with van der Waals surface area (Å²) in [5, 5.41) is 43.9. The van der Waals surface area contributed by atoms with Crippen molar-refractivity contribution in [2.75, 3.05) is 26.3 Å². The van der Waals surface area contributed by atoms with E-state index in [4.69, 9.17) is 15.9 Å². The summed E-state index contributed by atoms with van der Waals surface area (Å²) in [5.74, 6) is -7.81. The summed E-state index contributed by atoms with van der Waals surface area (Å²) in [6, 6.07) is 6.81. The quantitative estimate of drug-likeness (QED) is 0.0558. The van der Waals surface area contributed by atoms with E-state index in [0.29, 0.717) is 12.0 Å². The van der Waals surface area contributed by atoms with Crippen molar-refractivity contribution in [3.05, 3.63) is 48.0 Å². The molecule has 18 nitrogen and oxygen atoms in total. The smallest absolute Gasteiger partial charge is 0.303 e. The molecule has 0 radical (unpaired) electrons. The third-order valence-electron chi connectivity index (χ3n) is 7.65. The molecule has 11 N–H and O–H groups in total. The van der Waals surface area contributed by atoms with Gasteiger partial charge in [0.1, 0.15) is 24.2 Å². The van der Waals surface area contributed by atoms with E-state index in [1.54, 1.807) is 32.0 Å². The van der Waals surface area contributed by atoms with Crippen LogP contribution in [-0.4, -0.2) is 113 Å². The number of carboxylic acids is 1. The minimum atomic E-state index is -1.68. The molecule has 18 heteroatoms. The van der Waals surface area contributed by atoms with E-state index >= 15 is 0 Å². The van der Waals surface area contributed by atoms with Gasteiger partial charge in [-0.25, -0.2) is 0 Å². The molecule has 7 amide bonds. The molecule has 0 spiro atoms. The van der Waals surface area contributed by atoms with Crippen molar-refractivity contribution >= 4 is 58.1 Å². The second-order valence-electron chi connectivity index (χ2n) is 12.3. The molecule has 2 aromatic rings. The highest BCUT2D eigenvalue weighted by Crippen LogP contribution is 2.17. The molecule has 2 aromatic carbocycles. The van der Waals surface area contributed by atoms with Crippen LogP contribution in [0.3, 0.4) is 0 Å². The first-order chi connectivity index (χ1) is 24.6. The fourth-order valence-electron chi connectivity index (χ4n) is 4.88. The lowest BCUT2D eigenvalue weighted by Gasteiger charge is -2.26. The Labute approximate surface area is 299 Å². The summed E-state index contributed by atoms with van der Waals surface area (Å²) < 4.78 is 0. The topological polar surface area (TPSA) is 295 Å². The first-order valence-electron chi connectivity index (χ1n) is 16.6. The van der Waals surface area contributed by atoms with Crippen LogP contribution in [0.5, 0.6) is 0 Å². The van der Waals surface area contributed by atoms with E-state index in [9.17, 15) is 43.5 Å². The number of carbonyl (C=O) groups excluding carboxylic acids is 7. The molecule has 0 aliphatic carbocycles. The first-order valence-corrected chi connectivity index (χ1v) is 16.6. The van der Waals surface area contributed by atoms with Gasteiger partial charge in [-0.1, -0.05) is 56.3 Å². The van der Waals surface area contributed by atoms with Gasteiger partial charge in [-0.15, -0.1) is 0 Å². The highest BCUT2D eigenvalue weighted by Gasteiger charge is 2.33. The zero-order valence-electron chi connectivity index (χ0n) is 29.0. The Morgan fingerprint density at radius 1 is 0.712 bits per heavy atom. The third-order valence-corrected chi connectivity index (χ3v) is 7.65. The van der Waals surface area contributed by atoms with E-state index in [-0.39, 0.29) is 19.6 Å². The maximum atomic E-state index is 13.6. The Kier molecular flexibility index (Phi) is 17.6. The molecule has 0 aliphatic heterocycles. The Bertz CT molecular complexity index is 1600. The molecule has 2 rings (SSSR count). The summed E-state index contributed by atoms with van der Waals surface area (Å²) in [7, 11) is 0. The number of carboxylic acid groups (broad SMARTS) is 1. The molecule has 0 saturated heterocycles. The number of fused-ring (bicyclic) bond motifs is 1. The average molecular weight is 730 g/mol. The van der Waals surface area contributed by atoms with Crippen LogP contribution < -0.4 is 37.6 Å². The molecule has 0 unspecified atom stereocenters. The summed E-state index contributed by atoms with van der Waals surface area (Å²) in [6.07, 6.45) is -1.47. The zero-order valence-corrected chi connectivity index (χ0v) is 29.0. The lowest BCUT2D eigenvalue weighted by molar-refractivity contribution is -0.139. The molecule has 4 atom stereocenters. The van der Waals surface area contributed by atoms with Crippen LogP contribution in [0.15, 0.2) is 42.5 Å². The second-order valence-corrected chi connectivity index (χ2v) is 12.3. The van der Waals surface area contributed by atoms with Crippen LogP contribution >= 0.6 is 0 Å². The number of benzene rings is 2. The van der Waals surface area contributed by atoms with Gasteiger partial charge in [0.05, 0.1) is 26.0 Å². The molecule has 284 valence electrons. The van der Waals surface area contributed by atoms with E-state index in [2.05, 4.69) is 31.9 Å². The van der Waals surface area contributed by atoms with E-state index < -0.39 is 110 Å². The molecule has 0 fully saturated rings. The monoisotopic (exact) mass is 729 g/mol. The van der Waals surface area contributed by atoms with Crippen molar-refractivity contribution in [1.29, 1.82) is 0 Å². The van der Waals surface area contributed by atoms with Crippen molar-refractivity contribution in [2.45, 2.75) is 70.1 Å². The molecule has 0 bridgehead atoms. The Balaban J connectivity index is 2.20. The van der Waals surface area contributed by atoms with Gasteiger partial charge in [0.25, 0.3) is 0 Å². The number of amides is 7. The number of carbonyl (C=O) groups is 8. The zero-order chi connectivity index (χ0) is 38.8. The predicted molar refractivity (Wildman–Crippen MR) is 186 cm³/mol. The number of hydrogen-bond donors (Lipinski definition) is 10. The van der Waals surface area contributed by atoms with Gasteiger partial charge < -0.3 is 53.0 Å². The molecular formula is C34H47N7O11. The lowest BCUT2D eigenvalue weighted by Crippen LogP contribution is -2.60. The average Bonchev–Trinajstić information content (AvgIpc) is 3.09. The third kappa shape index (κ3) is 14.7. The standard InChI is InChI=1S/C34H47N7O11/c1-19(2)30(34(52)37-17-28(46)36-12-5-13-42)41-33(51)25(18-43)40-32(50)24(16-26(35)44)39-31(49)23(38-27(45)10-11-29(47)48)15-20-8-9-21-6-3-4-7-22(21)14-20/h3-4,6-9,14,19,23-25,30,42-43H,5,10-13,15-18H2,1-2H3,(H2,35,44)(H,36,46)(H,37,52)(H,38,45)(H,39,49)(H,40,50)(H,41,51)(H,47,48)/t23-,24-,25-,30-/m0/s1. The maximum absolute atomic E-state index is 13.6. The minimum Gasteiger partial charge on any atom is -0.481 e. The second kappa shape index (κ2) is 21.6. The lowest BCUT2D eigenvalue weighted by atomic mass is 10.0. The normalized spacial score (nSPS) is 13.2. The number of aliphatic hydroxyl groups excluding tert-OH is 2. The van der Waals surface area contributed by atoms with Gasteiger partial charge in [0.2, 0.25) is 41.4 Å². The molecule has 0 heterocycles. The van der Waals surface area contributed by atoms with E-state index in [0.717, 1.165) is 10.8 Å². The van der Waals surface area contributed by atoms with Gasteiger partial charge in [-0.05, 0) is 28.7 Å². The number of aliphatic hydroxyl groups is 2. The maximum Gasteiger partial charge on any atom is 0.303 e. The van der Waals surface area contributed by atoms with E-state index in [1.807, 2.05) is 24.3 Å². The molecule has 0 aliphatic rings.